The fourth-order valence-electron chi connectivity index (χ4n) is 7.44. The van der Waals surface area contributed by atoms with Crippen molar-refractivity contribution in [2.75, 3.05) is 23.0 Å². The number of benzene rings is 2. The van der Waals surface area contributed by atoms with Crippen molar-refractivity contribution < 1.29 is 24.2 Å². The third-order valence-corrected chi connectivity index (χ3v) is 11.9. The smallest absolute Gasteiger partial charge is 0.264 e. The molecule has 3 aromatic rings. The molecule has 2 saturated heterocycles. The fraction of sp³-hybridized carbons (Fsp3) is 0.500. The number of hydrogen-bond acceptors (Lipinski definition) is 7. The van der Waals surface area contributed by atoms with Crippen LogP contribution >= 0.6 is 0 Å². The van der Waals surface area contributed by atoms with Gasteiger partial charge in [-0.2, -0.15) is 0 Å². The van der Waals surface area contributed by atoms with Crippen LogP contribution in [0.4, 0.5) is 11.4 Å². The molecule has 228 valence electrons. The zero-order valence-corrected chi connectivity index (χ0v) is 26.1. The molecule has 4 atom stereocenters. The molecule has 0 unspecified atom stereocenters. The predicted molar refractivity (Wildman–Crippen MR) is 165 cm³/mol. The highest BCUT2D eigenvalue weighted by atomic mass is 28.4. The summed E-state index contributed by atoms with van der Waals surface area (Å²) in [6.45, 7) is 7.44. The van der Waals surface area contributed by atoms with Gasteiger partial charge in [0.25, 0.3) is 5.91 Å². The summed E-state index contributed by atoms with van der Waals surface area (Å²) >= 11 is 0. The topological polar surface area (TPSA) is 121 Å². The molecule has 0 aliphatic carbocycles. The van der Waals surface area contributed by atoms with Gasteiger partial charge in [0.15, 0.2) is 13.9 Å². The Morgan fingerprint density at radius 3 is 2.63 bits per heavy atom. The van der Waals surface area contributed by atoms with Gasteiger partial charge in [0, 0.05) is 61.4 Å². The average molecular weight is 604 g/mol. The number of piperidine rings is 1. The number of aliphatic hydroxyl groups excluding tert-OH is 1. The molecule has 6 rings (SSSR count). The van der Waals surface area contributed by atoms with Crippen LogP contribution in [-0.2, 0) is 39.4 Å². The van der Waals surface area contributed by atoms with Crippen LogP contribution in [-0.4, -0.2) is 64.3 Å². The minimum Gasteiger partial charge on any atom is -0.432 e. The van der Waals surface area contributed by atoms with Gasteiger partial charge in [0.05, 0.1) is 24.0 Å². The van der Waals surface area contributed by atoms with Crippen LogP contribution in [0, 0.1) is 5.92 Å². The molecular formula is C32H41N5O5Si. The summed E-state index contributed by atoms with van der Waals surface area (Å²) in [6, 6.07) is 15.8. The van der Waals surface area contributed by atoms with E-state index in [-0.39, 0.29) is 36.0 Å². The number of nitrogens with zero attached hydrogens (tertiary/aromatic N) is 5. The van der Waals surface area contributed by atoms with Gasteiger partial charge >= 0.3 is 0 Å². The van der Waals surface area contributed by atoms with Crippen molar-refractivity contribution in [1.82, 2.24) is 15.0 Å². The lowest BCUT2D eigenvalue weighted by Crippen LogP contribution is -2.46. The molecule has 0 radical (unpaired) electrons. The van der Waals surface area contributed by atoms with E-state index in [0.717, 1.165) is 35.3 Å². The number of fused-ring (bicyclic) bond motifs is 2. The zero-order valence-electron chi connectivity index (χ0n) is 25.1. The van der Waals surface area contributed by atoms with Gasteiger partial charge in [-0.05, 0) is 56.1 Å². The summed E-state index contributed by atoms with van der Waals surface area (Å²) in [5, 5.41) is 17.6. The summed E-state index contributed by atoms with van der Waals surface area (Å²) in [4.78, 5) is 42.9. The van der Waals surface area contributed by atoms with Crippen LogP contribution in [0.3, 0.4) is 0 Å². The summed E-state index contributed by atoms with van der Waals surface area (Å²) < 4.78 is 8.73. The zero-order chi connectivity index (χ0) is 30.4. The first kappa shape index (κ1) is 29.7. The van der Waals surface area contributed by atoms with E-state index >= 15 is 0 Å². The van der Waals surface area contributed by atoms with Crippen molar-refractivity contribution in [2.45, 2.75) is 82.5 Å². The van der Waals surface area contributed by atoms with Gasteiger partial charge in [-0.15, -0.1) is 5.10 Å². The minimum absolute atomic E-state index is 0.00283. The average Bonchev–Trinajstić information content (AvgIpc) is 3.63. The standard InChI is InChI=1S/C32H41N5O5Si/c1-22-30(43(2,3)41)28(14-17-35-21-24(15-18-38)33-34-35)42-32(22)26-19-25(36-16-8-7-11-29(36)39)12-13-27(26)37(31(32)40)20-23-9-5-4-6-10-23/h4-6,9-10,12-13,19,21-22,28,30,38,41H,7-8,11,14-18,20H2,1-3H3/t22-,28+,30-,32+/m1/s1. The lowest BCUT2D eigenvalue weighted by Gasteiger charge is -2.33. The maximum absolute atomic E-state index is 14.7. The number of aryl methyl sites for hydroxylation is 1. The van der Waals surface area contributed by atoms with Crippen LogP contribution in [0.15, 0.2) is 54.7 Å². The summed E-state index contributed by atoms with van der Waals surface area (Å²) in [7, 11) is -2.83. The Morgan fingerprint density at radius 2 is 1.91 bits per heavy atom. The lowest BCUT2D eigenvalue weighted by molar-refractivity contribution is -0.146. The molecule has 2 N–H and O–H groups in total. The van der Waals surface area contributed by atoms with Crippen molar-refractivity contribution >= 4 is 31.5 Å². The van der Waals surface area contributed by atoms with Crippen molar-refractivity contribution in [2.24, 2.45) is 5.92 Å². The van der Waals surface area contributed by atoms with Crippen molar-refractivity contribution in [1.29, 1.82) is 0 Å². The highest BCUT2D eigenvalue weighted by molar-refractivity contribution is 6.71. The van der Waals surface area contributed by atoms with Crippen LogP contribution in [0.1, 0.15) is 49.4 Å². The highest BCUT2D eigenvalue weighted by Gasteiger charge is 2.66. The normalized spacial score (nSPS) is 25.7. The van der Waals surface area contributed by atoms with Crippen LogP contribution < -0.4 is 9.80 Å². The fourth-order valence-corrected chi connectivity index (χ4v) is 10.0. The Labute approximate surface area is 253 Å². The molecule has 11 heteroatoms. The first-order valence-electron chi connectivity index (χ1n) is 15.3. The van der Waals surface area contributed by atoms with E-state index in [1.165, 1.54) is 0 Å². The third-order valence-electron chi connectivity index (χ3n) is 9.38. The number of anilines is 2. The molecule has 2 aromatic carbocycles. The number of hydrogen-bond donors (Lipinski definition) is 2. The maximum Gasteiger partial charge on any atom is 0.264 e. The van der Waals surface area contributed by atoms with Gasteiger partial charge in [0.2, 0.25) is 5.91 Å². The molecule has 10 nitrogen and oxygen atoms in total. The van der Waals surface area contributed by atoms with E-state index in [2.05, 4.69) is 10.3 Å². The molecule has 1 aromatic heterocycles. The summed E-state index contributed by atoms with van der Waals surface area (Å²) in [5.74, 6) is -0.332. The van der Waals surface area contributed by atoms with Gasteiger partial charge in [0.1, 0.15) is 0 Å². The number of aliphatic hydroxyl groups is 1. The molecule has 0 saturated carbocycles. The first-order chi connectivity index (χ1) is 20.6. The number of rotatable bonds is 9. The van der Waals surface area contributed by atoms with E-state index in [1.54, 1.807) is 4.68 Å². The van der Waals surface area contributed by atoms with Gasteiger partial charge in [-0.3, -0.25) is 14.3 Å². The number of carbonyl (C=O) groups is 2. The van der Waals surface area contributed by atoms with E-state index in [1.807, 2.05) is 84.5 Å². The SMILES string of the molecule is C[C@@H]1[C@@H]([Si](C)(C)O)[C@H](CCn2cc(CCO)nn2)O[C@@]12C(=O)N(Cc1ccccc1)c1ccc(N3CCCCC3=O)cc12. The van der Waals surface area contributed by atoms with Crippen molar-refractivity contribution in [3.8, 4) is 0 Å². The molecule has 3 aliphatic heterocycles. The third kappa shape index (κ3) is 5.32. The molecule has 4 heterocycles. The predicted octanol–water partition coefficient (Wildman–Crippen LogP) is 3.76. The molecule has 2 fully saturated rings. The van der Waals surface area contributed by atoms with Crippen LogP contribution in [0.5, 0.6) is 0 Å². The second-order valence-corrected chi connectivity index (χ2v) is 16.7. The van der Waals surface area contributed by atoms with E-state index < -0.39 is 13.9 Å². The molecule has 1 spiro atoms. The quantitative estimate of drug-likeness (QED) is 0.357. The van der Waals surface area contributed by atoms with Gasteiger partial charge < -0.3 is 24.4 Å². The highest BCUT2D eigenvalue weighted by Crippen LogP contribution is 2.60. The summed E-state index contributed by atoms with van der Waals surface area (Å²) in [5.41, 5.74) is 2.56. The minimum atomic E-state index is -2.83. The Balaban J connectivity index is 1.40. The van der Waals surface area contributed by atoms with Gasteiger partial charge in [-0.25, -0.2) is 0 Å². The largest absolute Gasteiger partial charge is 0.432 e. The van der Waals surface area contributed by atoms with E-state index in [4.69, 9.17) is 4.74 Å². The second kappa shape index (κ2) is 11.6. The van der Waals surface area contributed by atoms with Crippen molar-refractivity contribution in [3.05, 3.63) is 71.5 Å². The van der Waals surface area contributed by atoms with Gasteiger partial charge in [-0.1, -0.05) is 42.5 Å². The molecule has 2 amide bonds. The number of aromatic nitrogens is 3. The van der Waals surface area contributed by atoms with E-state index in [9.17, 15) is 19.5 Å². The number of amides is 2. The maximum atomic E-state index is 14.7. The number of ether oxygens (including phenoxy) is 1. The van der Waals surface area contributed by atoms with Crippen LogP contribution in [0.25, 0.3) is 0 Å². The Kier molecular flexibility index (Phi) is 8.01. The van der Waals surface area contributed by atoms with Crippen molar-refractivity contribution in [3.63, 3.8) is 0 Å². The summed E-state index contributed by atoms with van der Waals surface area (Å²) in [6.07, 6.45) is 4.76. The lowest BCUT2D eigenvalue weighted by atomic mass is 9.82. The Hall–Kier alpha value is -3.38. The van der Waals surface area contributed by atoms with Crippen LogP contribution in [0.2, 0.25) is 18.6 Å². The molecule has 0 bridgehead atoms. The molecule has 3 aliphatic rings. The first-order valence-corrected chi connectivity index (χ1v) is 18.4. The van der Waals surface area contributed by atoms with E-state index in [0.29, 0.717) is 44.6 Å². The molecular weight excluding hydrogens is 562 g/mol. The molecule has 43 heavy (non-hydrogen) atoms. The second-order valence-electron chi connectivity index (χ2n) is 12.7. The number of carbonyl (C=O) groups excluding carboxylic acids is 2. The monoisotopic (exact) mass is 603 g/mol. The Bertz CT molecular complexity index is 1490. The Morgan fingerprint density at radius 1 is 1.12 bits per heavy atom.